The zero-order chi connectivity index (χ0) is 11.7. The van der Waals surface area contributed by atoms with Crippen LogP contribution in [0.5, 0.6) is 0 Å². The van der Waals surface area contributed by atoms with Crippen LogP contribution in [0.2, 0.25) is 0 Å². The van der Waals surface area contributed by atoms with E-state index in [0.717, 1.165) is 18.9 Å². The van der Waals surface area contributed by atoms with Crippen LogP contribution < -0.4 is 0 Å². The molecule has 0 saturated heterocycles. The third kappa shape index (κ3) is 1.93. The van der Waals surface area contributed by atoms with E-state index in [-0.39, 0.29) is 5.97 Å². The molecule has 1 aromatic heterocycles. The summed E-state index contributed by atoms with van der Waals surface area (Å²) in [7, 11) is 1.35. The summed E-state index contributed by atoms with van der Waals surface area (Å²) < 4.78 is 6.46. The molecule has 1 aromatic carbocycles. The van der Waals surface area contributed by atoms with Crippen LogP contribution in [0.15, 0.2) is 28.9 Å². The molecule has 0 N–H and O–H groups in total. The molecule has 0 fully saturated rings. The lowest BCUT2D eigenvalue weighted by atomic mass is 10.1. The maximum absolute atomic E-state index is 11.5. The van der Waals surface area contributed by atoms with Gasteiger partial charge in [0.1, 0.15) is 0 Å². The molecule has 0 bridgehead atoms. The number of hydrogen-bond acceptors (Lipinski definition) is 3. The van der Waals surface area contributed by atoms with Crippen molar-refractivity contribution in [1.82, 2.24) is 4.98 Å². The van der Waals surface area contributed by atoms with Gasteiger partial charge in [-0.3, -0.25) is 4.98 Å². The monoisotopic (exact) mass is 391 g/mol. The van der Waals surface area contributed by atoms with Crippen LogP contribution >= 0.6 is 38.5 Å². The third-order valence-electron chi connectivity index (χ3n) is 2.19. The number of ether oxygens (including phenoxy) is 1. The van der Waals surface area contributed by atoms with Gasteiger partial charge in [0.05, 0.1) is 18.2 Å². The smallest absolute Gasteiger partial charge is 0.340 e. The number of rotatable bonds is 1. The van der Waals surface area contributed by atoms with Crippen LogP contribution in [-0.2, 0) is 4.74 Å². The summed E-state index contributed by atoms with van der Waals surface area (Å²) >= 11 is 5.63. The van der Waals surface area contributed by atoms with Gasteiger partial charge in [0.15, 0.2) is 0 Å². The highest BCUT2D eigenvalue weighted by atomic mass is 127. The first-order valence-electron chi connectivity index (χ1n) is 4.46. The zero-order valence-corrected chi connectivity index (χ0v) is 12.1. The second kappa shape index (κ2) is 4.67. The molecule has 0 aliphatic carbocycles. The van der Waals surface area contributed by atoms with Crippen LogP contribution in [0.1, 0.15) is 10.4 Å². The van der Waals surface area contributed by atoms with Gasteiger partial charge >= 0.3 is 5.97 Å². The van der Waals surface area contributed by atoms with Crippen molar-refractivity contribution in [3.8, 4) is 0 Å². The summed E-state index contributed by atoms with van der Waals surface area (Å²) in [4.78, 5) is 15.7. The van der Waals surface area contributed by atoms with Crippen LogP contribution in [0.4, 0.5) is 0 Å². The normalized spacial score (nSPS) is 10.4. The van der Waals surface area contributed by atoms with Crippen LogP contribution in [-0.4, -0.2) is 18.1 Å². The lowest BCUT2D eigenvalue weighted by Gasteiger charge is -2.06. The lowest BCUT2D eigenvalue weighted by molar-refractivity contribution is 0.0599. The molecule has 0 spiro atoms. The van der Waals surface area contributed by atoms with Gasteiger partial charge in [-0.2, -0.15) is 0 Å². The number of pyridine rings is 1. The molecule has 0 radical (unpaired) electrons. The van der Waals surface area contributed by atoms with Crippen molar-refractivity contribution < 1.29 is 9.53 Å². The fourth-order valence-corrected chi connectivity index (χ4v) is 2.63. The molecule has 0 amide bonds. The fraction of sp³-hybridized carbons (Fsp3) is 0.0909. The molecule has 3 nitrogen and oxygen atoms in total. The Morgan fingerprint density at radius 1 is 1.50 bits per heavy atom. The number of fused-ring (bicyclic) bond motifs is 1. The van der Waals surface area contributed by atoms with Gasteiger partial charge in [0.2, 0.25) is 0 Å². The second-order valence-corrected chi connectivity index (χ2v) is 5.07. The summed E-state index contributed by atoms with van der Waals surface area (Å²) in [6.45, 7) is 0. The number of nitrogens with zero attached hydrogens (tertiary/aromatic N) is 1. The summed E-state index contributed by atoms with van der Waals surface area (Å²) in [6, 6.07) is 5.82. The van der Waals surface area contributed by atoms with Crippen LogP contribution in [0.3, 0.4) is 0 Å². The molecule has 0 saturated carbocycles. The molecule has 0 aliphatic rings. The topological polar surface area (TPSA) is 39.2 Å². The van der Waals surface area contributed by atoms with Crippen molar-refractivity contribution in [1.29, 1.82) is 0 Å². The molecule has 2 rings (SSSR count). The number of esters is 1. The minimum Gasteiger partial charge on any atom is -0.465 e. The molecule has 0 aliphatic heterocycles. The van der Waals surface area contributed by atoms with E-state index in [1.54, 1.807) is 0 Å². The average Bonchev–Trinajstić information content (AvgIpc) is 2.30. The van der Waals surface area contributed by atoms with E-state index in [2.05, 4.69) is 48.2 Å². The van der Waals surface area contributed by atoms with Gasteiger partial charge in [0, 0.05) is 19.6 Å². The number of aromatic nitrogens is 1. The molecule has 82 valence electrons. The SMILES string of the molecule is COC(=O)c1cnc2c(I)cccc2c1Br. The predicted octanol–water partition coefficient (Wildman–Crippen LogP) is 3.39. The number of carbonyl (C=O) groups excluding carboxylic acids is 1. The highest BCUT2D eigenvalue weighted by Gasteiger charge is 2.14. The zero-order valence-electron chi connectivity index (χ0n) is 8.33. The average molecular weight is 392 g/mol. The van der Waals surface area contributed by atoms with E-state index in [4.69, 9.17) is 0 Å². The fourth-order valence-electron chi connectivity index (χ4n) is 1.41. The molecule has 0 atom stereocenters. The summed E-state index contributed by atoms with van der Waals surface area (Å²) in [5.74, 6) is -0.389. The Morgan fingerprint density at radius 3 is 2.94 bits per heavy atom. The summed E-state index contributed by atoms with van der Waals surface area (Å²) in [5.41, 5.74) is 1.32. The van der Waals surface area contributed by atoms with E-state index in [1.807, 2.05) is 18.2 Å². The molecule has 16 heavy (non-hydrogen) atoms. The number of carbonyl (C=O) groups is 1. The maximum atomic E-state index is 11.5. The first kappa shape index (κ1) is 11.8. The Bertz CT molecular complexity index is 571. The first-order chi connectivity index (χ1) is 7.65. The van der Waals surface area contributed by atoms with Gasteiger partial charge < -0.3 is 4.74 Å². The Kier molecular flexibility index (Phi) is 3.44. The van der Waals surface area contributed by atoms with Crippen LogP contribution in [0, 0.1) is 3.57 Å². The molecule has 0 unspecified atom stereocenters. The van der Waals surface area contributed by atoms with Crippen molar-refractivity contribution in [3.05, 3.63) is 38.0 Å². The number of methoxy groups -OCH3 is 1. The Morgan fingerprint density at radius 2 is 2.25 bits per heavy atom. The van der Waals surface area contributed by atoms with E-state index in [0.29, 0.717) is 5.56 Å². The minimum atomic E-state index is -0.389. The van der Waals surface area contributed by atoms with E-state index in [9.17, 15) is 4.79 Å². The van der Waals surface area contributed by atoms with Crippen molar-refractivity contribution in [3.63, 3.8) is 0 Å². The van der Waals surface area contributed by atoms with E-state index < -0.39 is 0 Å². The van der Waals surface area contributed by atoms with Crippen molar-refractivity contribution in [2.45, 2.75) is 0 Å². The number of hydrogen-bond donors (Lipinski definition) is 0. The van der Waals surface area contributed by atoms with Gasteiger partial charge in [0.25, 0.3) is 0 Å². The number of para-hydroxylation sites is 1. The third-order valence-corrected chi connectivity index (χ3v) is 3.91. The lowest BCUT2D eigenvalue weighted by Crippen LogP contribution is -2.03. The van der Waals surface area contributed by atoms with E-state index >= 15 is 0 Å². The first-order valence-corrected chi connectivity index (χ1v) is 6.33. The highest BCUT2D eigenvalue weighted by Crippen LogP contribution is 2.28. The Hall–Kier alpha value is -0.690. The minimum absolute atomic E-state index is 0.389. The van der Waals surface area contributed by atoms with Gasteiger partial charge in [-0.15, -0.1) is 0 Å². The summed E-state index contributed by atoms with van der Waals surface area (Å²) in [6.07, 6.45) is 1.53. The van der Waals surface area contributed by atoms with Gasteiger partial charge in [-0.05, 0) is 44.6 Å². The second-order valence-electron chi connectivity index (χ2n) is 3.11. The quantitative estimate of drug-likeness (QED) is 0.552. The van der Waals surface area contributed by atoms with E-state index in [1.165, 1.54) is 13.3 Å². The number of halogens is 2. The van der Waals surface area contributed by atoms with Crippen molar-refractivity contribution >= 4 is 55.4 Å². The maximum Gasteiger partial charge on any atom is 0.340 e. The molecular formula is C11H7BrINO2. The standard InChI is InChI=1S/C11H7BrINO2/c1-16-11(15)7-5-14-10-6(9(7)12)3-2-4-8(10)13/h2-5H,1H3. The predicted molar refractivity (Wildman–Crippen MR) is 73.5 cm³/mol. The van der Waals surface area contributed by atoms with Crippen LogP contribution in [0.25, 0.3) is 10.9 Å². The Labute approximate surface area is 114 Å². The largest absolute Gasteiger partial charge is 0.465 e. The summed E-state index contributed by atoms with van der Waals surface area (Å²) in [5, 5.41) is 0.912. The van der Waals surface area contributed by atoms with Crippen molar-refractivity contribution in [2.75, 3.05) is 7.11 Å². The Balaban J connectivity index is 2.75. The van der Waals surface area contributed by atoms with Gasteiger partial charge in [-0.25, -0.2) is 4.79 Å². The highest BCUT2D eigenvalue weighted by molar-refractivity contribution is 14.1. The van der Waals surface area contributed by atoms with Crippen molar-refractivity contribution in [2.24, 2.45) is 0 Å². The van der Waals surface area contributed by atoms with Gasteiger partial charge in [-0.1, -0.05) is 12.1 Å². The molecule has 1 heterocycles. The molecule has 5 heteroatoms. The molecular weight excluding hydrogens is 385 g/mol. The number of benzene rings is 1. The molecule has 2 aromatic rings.